The van der Waals surface area contributed by atoms with E-state index in [1.807, 2.05) is 30.3 Å². The molecule has 3 aromatic carbocycles. The lowest BCUT2D eigenvalue weighted by Gasteiger charge is -2.09. The van der Waals surface area contributed by atoms with E-state index < -0.39 is 10.0 Å². The number of amides is 1. The smallest absolute Gasteiger partial charge is 0.251 e. The molecular formula is C22H22N2O4S. The molecule has 7 heteroatoms. The summed E-state index contributed by atoms with van der Waals surface area (Å²) in [5.74, 6) is 0.407. The second-order valence-electron chi connectivity index (χ2n) is 6.35. The van der Waals surface area contributed by atoms with Gasteiger partial charge in [0.2, 0.25) is 10.0 Å². The maximum Gasteiger partial charge on any atom is 0.251 e. The van der Waals surface area contributed by atoms with Gasteiger partial charge >= 0.3 is 0 Å². The minimum Gasteiger partial charge on any atom is -0.489 e. The Bertz CT molecular complexity index is 1050. The average Bonchev–Trinajstić information content (AvgIpc) is 2.77. The summed E-state index contributed by atoms with van der Waals surface area (Å²) in [7, 11) is -2.10. The molecule has 0 atom stereocenters. The van der Waals surface area contributed by atoms with Crippen LogP contribution in [-0.4, -0.2) is 21.4 Å². The van der Waals surface area contributed by atoms with Crippen molar-refractivity contribution in [3.05, 3.63) is 95.6 Å². The van der Waals surface area contributed by atoms with Crippen molar-refractivity contribution < 1.29 is 17.9 Å². The monoisotopic (exact) mass is 410 g/mol. The summed E-state index contributed by atoms with van der Waals surface area (Å²) in [5.41, 5.74) is 2.31. The van der Waals surface area contributed by atoms with E-state index in [2.05, 4.69) is 10.0 Å². The molecular weight excluding hydrogens is 388 g/mol. The fraction of sp³-hybridized carbons (Fsp3) is 0.136. The van der Waals surface area contributed by atoms with E-state index in [-0.39, 0.29) is 17.3 Å². The van der Waals surface area contributed by atoms with Gasteiger partial charge in [-0.15, -0.1) is 0 Å². The second kappa shape index (κ2) is 9.36. The maximum absolute atomic E-state index is 12.5. The highest BCUT2D eigenvalue weighted by molar-refractivity contribution is 7.89. The van der Waals surface area contributed by atoms with Crippen molar-refractivity contribution in [2.45, 2.75) is 18.0 Å². The second-order valence-corrected chi connectivity index (χ2v) is 8.11. The van der Waals surface area contributed by atoms with Crippen molar-refractivity contribution in [1.29, 1.82) is 0 Å². The molecule has 0 bridgehead atoms. The van der Waals surface area contributed by atoms with Gasteiger partial charge in [-0.3, -0.25) is 4.79 Å². The highest BCUT2D eigenvalue weighted by Gasteiger charge is 2.14. The average molecular weight is 410 g/mol. The van der Waals surface area contributed by atoms with Crippen LogP contribution in [0, 0.1) is 0 Å². The molecule has 3 rings (SSSR count). The summed E-state index contributed by atoms with van der Waals surface area (Å²) in [6, 6.07) is 22.8. The van der Waals surface area contributed by atoms with E-state index in [1.54, 1.807) is 43.4 Å². The predicted molar refractivity (Wildman–Crippen MR) is 111 cm³/mol. The largest absolute Gasteiger partial charge is 0.489 e. The van der Waals surface area contributed by atoms with E-state index in [4.69, 9.17) is 4.74 Å². The van der Waals surface area contributed by atoms with Crippen LogP contribution in [0.4, 0.5) is 0 Å². The Morgan fingerprint density at radius 2 is 1.52 bits per heavy atom. The fourth-order valence-electron chi connectivity index (χ4n) is 2.64. The lowest BCUT2D eigenvalue weighted by molar-refractivity contribution is 0.0963. The van der Waals surface area contributed by atoms with Gasteiger partial charge in [-0.25, -0.2) is 13.1 Å². The zero-order valence-electron chi connectivity index (χ0n) is 16.0. The number of sulfonamides is 1. The number of carbonyl (C=O) groups is 1. The maximum atomic E-state index is 12.5. The van der Waals surface area contributed by atoms with Gasteiger partial charge in [0.15, 0.2) is 0 Å². The van der Waals surface area contributed by atoms with Gasteiger partial charge in [-0.05, 0) is 47.5 Å². The molecule has 6 nitrogen and oxygen atoms in total. The van der Waals surface area contributed by atoms with Crippen molar-refractivity contribution in [2.24, 2.45) is 0 Å². The molecule has 0 saturated heterocycles. The van der Waals surface area contributed by atoms with Crippen LogP contribution in [0.2, 0.25) is 0 Å². The van der Waals surface area contributed by atoms with Gasteiger partial charge in [0.25, 0.3) is 5.91 Å². The summed E-state index contributed by atoms with van der Waals surface area (Å²) in [6.07, 6.45) is 0. The number of hydrogen-bond donors (Lipinski definition) is 2. The first kappa shape index (κ1) is 20.6. The minimum atomic E-state index is -3.66. The van der Waals surface area contributed by atoms with E-state index >= 15 is 0 Å². The molecule has 2 N–H and O–H groups in total. The zero-order chi connectivity index (χ0) is 20.7. The van der Waals surface area contributed by atoms with Gasteiger partial charge in [-0.1, -0.05) is 42.5 Å². The summed E-state index contributed by atoms with van der Waals surface area (Å²) >= 11 is 0. The Balaban J connectivity index is 1.58. The van der Waals surface area contributed by atoms with Crippen LogP contribution in [0.1, 0.15) is 21.5 Å². The van der Waals surface area contributed by atoms with Crippen LogP contribution >= 0.6 is 0 Å². The van der Waals surface area contributed by atoms with Crippen molar-refractivity contribution in [1.82, 2.24) is 10.0 Å². The number of carbonyl (C=O) groups excluding carboxylic acids is 1. The molecule has 0 spiro atoms. The molecule has 0 saturated carbocycles. The van der Waals surface area contributed by atoms with Crippen molar-refractivity contribution in [3.63, 3.8) is 0 Å². The molecule has 0 aromatic heterocycles. The minimum absolute atomic E-state index is 0.128. The third kappa shape index (κ3) is 5.66. The first-order chi connectivity index (χ1) is 14.0. The Morgan fingerprint density at radius 3 is 2.14 bits per heavy atom. The van der Waals surface area contributed by atoms with E-state index in [9.17, 15) is 13.2 Å². The lowest BCUT2D eigenvalue weighted by atomic mass is 10.1. The molecule has 1 amide bonds. The Kier molecular flexibility index (Phi) is 6.64. The number of rotatable bonds is 8. The normalized spacial score (nSPS) is 11.1. The summed E-state index contributed by atoms with van der Waals surface area (Å²) < 4.78 is 33.2. The van der Waals surface area contributed by atoms with Crippen molar-refractivity contribution in [2.75, 3.05) is 7.05 Å². The highest BCUT2D eigenvalue weighted by Crippen LogP contribution is 2.17. The van der Waals surface area contributed by atoms with Gasteiger partial charge in [0.1, 0.15) is 12.4 Å². The van der Waals surface area contributed by atoms with Crippen molar-refractivity contribution in [3.8, 4) is 5.75 Å². The predicted octanol–water partition coefficient (Wildman–Crippen LogP) is 3.10. The molecule has 0 aliphatic carbocycles. The van der Waals surface area contributed by atoms with E-state index in [0.717, 1.165) is 11.1 Å². The number of benzene rings is 3. The molecule has 0 unspecified atom stereocenters. The molecule has 150 valence electrons. The van der Waals surface area contributed by atoms with Gasteiger partial charge in [-0.2, -0.15) is 0 Å². The SMILES string of the molecule is CNC(=O)c1ccc(CNS(=O)(=O)c2ccc(OCc3ccccc3)cc2)cc1. The molecule has 0 fully saturated rings. The molecule has 29 heavy (non-hydrogen) atoms. The lowest BCUT2D eigenvalue weighted by Crippen LogP contribution is -2.23. The van der Waals surface area contributed by atoms with Crippen LogP contribution in [0.25, 0.3) is 0 Å². The van der Waals surface area contributed by atoms with Crippen LogP contribution in [0.3, 0.4) is 0 Å². The fourth-order valence-corrected chi connectivity index (χ4v) is 3.65. The molecule has 0 heterocycles. The Hall–Kier alpha value is -3.16. The topological polar surface area (TPSA) is 84.5 Å². The van der Waals surface area contributed by atoms with Crippen LogP contribution in [0.5, 0.6) is 5.75 Å². The highest BCUT2D eigenvalue weighted by atomic mass is 32.2. The van der Waals surface area contributed by atoms with Gasteiger partial charge in [0.05, 0.1) is 4.90 Å². The van der Waals surface area contributed by atoms with Crippen LogP contribution in [-0.2, 0) is 23.2 Å². The van der Waals surface area contributed by atoms with E-state index in [1.165, 1.54) is 12.1 Å². The Labute approximate surface area is 170 Å². The first-order valence-corrected chi connectivity index (χ1v) is 10.5. The van der Waals surface area contributed by atoms with Gasteiger partial charge < -0.3 is 10.1 Å². The van der Waals surface area contributed by atoms with Crippen LogP contribution in [0.15, 0.2) is 83.8 Å². The van der Waals surface area contributed by atoms with Gasteiger partial charge in [0, 0.05) is 19.2 Å². The third-order valence-corrected chi connectivity index (χ3v) is 5.71. The van der Waals surface area contributed by atoms with Crippen molar-refractivity contribution >= 4 is 15.9 Å². The summed E-state index contributed by atoms with van der Waals surface area (Å²) in [4.78, 5) is 11.7. The standard InChI is InChI=1S/C22H22N2O4S/c1-23-22(25)19-9-7-17(8-10-19)15-24-29(26,27)21-13-11-20(12-14-21)28-16-18-5-3-2-4-6-18/h2-14,24H,15-16H2,1H3,(H,23,25). The zero-order valence-corrected chi connectivity index (χ0v) is 16.8. The number of nitrogens with one attached hydrogen (secondary N) is 2. The summed E-state index contributed by atoms with van der Waals surface area (Å²) in [6.45, 7) is 0.542. The molecule has 3 aromatic rings. The van der Waals surface area contributed by atoms with Crippen LogP contribution < -0.4 is 14.8 Å². The summed E-state index contributed by atoms with van der Waals surface area (Å²) in [5, 5.41) is 2.54. The molecule has 0 radical (unpaired) electrons. The number of hydrogen-bond acceptors (Lipinski definition) is 4. The molecule has 0 aliphatic heterocycles. The third-order valence-electron chi connectivity index (χ3n) is 4.29. The quantitative estimate of drug-likeness (QED) is 0.598. The number of ether oxygens (including phenoxy) is 1. The Morgan fingerprint density at radius 1 is 0.862 bits per heavy atom. The molecule has 0 aliphatic rings. The first-order valence-electron chi connectivity index (χ1n) is 9.05. The van der Waals surface area contributed by atoms with E-state index in [0.29, 0.717) is 17.9 Å².